The van der Waals surface area contributed by atoms with Gasteiger partial charge in [-0.1, -0.05) is 11.6 Å². The summed E-state index contributed by atoms with van der Waals surface area (Å²) in [5.41, 5.74) is 1.14. The highest BCUT2D eigenvalue weighted by Gasteiger charge is 2.15. The number of hydrogen-bond acceptors (Lipinski definition) is 7. The zero-order valence-corrected chi connectivity index (χ0v) is 14.2. The van der Waals surface area contributed by atoms with Crippen LogP contribution in [0.25, 0.3) is 11.5 Å². The summed E-state index contributed by atoms with van der Waals surface area (Å²) in [5, 5.41) is 9.03. The van der Waals surface area contributed by atoms with Crippen LogP contribution in [-0.4, -0.2) is 27.4 Å². The van der Waals surface area contributed by atoms with E-state index in [4.69, 9.17) is 20.8 Å². The van der Waals surface area contributed by atoms with Crippen molar-refractivity contribution in [1.29, 1.82) is 0 Å². The molecule has 0 aliphatic rings. The Labute approximate surface area is 147 Å². The zero-order chi connectivity index (χ0) is 16.9. The van der Waals surface area contributed by atoms with Crippen molar-refractivity contribution in [2.24, 2.45) is 0 Å². The van der Waals surface area contributed by atoms with Crippen LogP contribution in [0.2, 0.25) is 5.02 Å². The molecule has 0 amide bonds. The Morgan fingerprint density at radius 1 is 1.25 bits per heavy atom. The van der Waals surface area contributed by atoms with Crippen molar-refractivity contribution < 1.29 is 13.9 Å². The van der Waals surface area contributed by atoms with E-state index in [0.29, 0.717) is 21.5 Å². The van der Waals surface area contributed by atoms with Crippen molar-refractivity contribution in [3.05, 3.63) is 59.1 Å². The van der Waals surface area contributed by atoms with Crippen molar-refractivity contribution >= 4 is 29.3 Å². The number of carbonyl (C=O) groups excluding carboxylic acids is 1. The van der Waals surface area contributed by atoms with Crippen LogP contribution in [-0.2, 0) is 11.3 Å². The number of thioether (sulfide) groups is 1. The summed E-state index contributed by atoms with van der Waals surface area (Å²) < 4.78 is 10.7. The van der Waals surface area contributed by atoms with Gasteiger partial charge >= 0.3 is 5.97 Å². The molecule has 0 aliphatic carbocycles. The second-order valence-electron chi connectivity index (χ2n) is 4.64. The molecule has 0 N–H and O–H groups in total. The Morgan fingerprint density at radius 2 is 2.04 bits per heavy atom. The van der Waals surface area contributed by atoms with Crippen LogP contribution in [0.3, 0.4) is 0 Å². The lowest BCUT2D eigenvalue weighted by molar-refractivity contribution is 0.0433. The molecule has 0 saturated carbocycles. The van der Waals surface area contributed by atoms with Gasteiger partial charge in [0, 0.05) is 16.8 Å². The Morgan fingerprint density at radius 3 is 2.79 bits per heavy atom. The van der Waals surface area contributed by atoms with E-state index < -0.39 is 5.97 Å². The number of nitrogens with zero attached hydrogens (tertiary/aromatic N) is 3. The summed E-state index contributed by atoms with van der Waals surface area (Å²) >= 11 is 7.21. The standard InChI is InChI=1S/C16H12ClN3O3S/c1-24-15-12(3-2-8-18-15)16(21)22-9-13-19-20-14(23-13)10-4-6-11(17)7-5-10/h2-8H,9H2,1H3. The number of aromatic nitrogens is 3. The van der Waals surface area contributed by atoms with E-state index in [-0.39, 0.29) is 12.5 Å². The van der Waals surface area contributed by atoms with Crippen LogP contribution >= 0.6 is 23.4 Å². The molecule has 3 aromatic rings. The third kappa shape index (κ3) is 3.74. The third-order valence-corrected chi connectivity index (χ3v) is 4.03. The lowest BCUT2D eigenvalue weighted by Crippen LogP contribution is -2.07. The van der Waals surface area contributed by atoms with Crippen molar-refractivity contribution in [3.8, 4) is 11.5 Å². The molecular weight excluding hydrogens is 350 g/mol. The topological polar surface area (TPSA) is 78.1 Å². The van der Waals surface area contributed by atoms with Crippen LogP contribution in [0.5, 0.6) is 0 Å². The fourth-order valence-corrected chi connectivity index (χ4v) is 2.60. The van der Waals surface area contributed by atoms with E-state index in [9.17, 15) is 4.79 Å². The van der Waals surface area contributed by atoms with E-state index >= 15 is 0 Å². The Bertz CT molecular complexity index is 852. The van der Waals surface area contributed by atoms with Crippen molar-refractivity contribution in [1.82, 2.24) is 15.2 Å². The van der Waals surface area contributed by atoms with Gasteiger partial charge in [-0.2, -0.15) is 0 Å². The van der Waals surface area contributed by atoms with Gasteiger partial charge in [-0.05, 0) is 42.7 Å². The molecule has 3 rings (SSSR count). The first-order valence-electron chi connectivity index (χ1n) is 6.92. The zero-order valence-electron chi connectivity index (χ0n) is 12.6. The first-order valence-corrected chi connectivity index (χ1v) is 8.52. The second-order valence-corrected chi connectivity index (χ2v) is 5.88. The van der Waals surface area contributed by atoms with E-state index in [0.717, 1.165) is 5.56 Å². The highest BCUT2D eigenvalue weighted by Crippen LogP contribution is 2.21. The SMILES string of the molecule is CSc1ncccc1C(=O)OCc1nnc(-c2ccc(Cl)cc2)o1. The number of esters is 1. The van der Waals surface area contributed by atoms with Crippen LogP contribution in [0.4, 0.5) is 0 Å². The van der Waals surface area contributed by atoms with Crippen molar-refractivity contribution in [2.45, 2.75) is 11.6 Å². The lowest BCUT2D eigenvalue weighted by Gasteiger charge is -2.05. The van der Waals surface area contributed by atoms with Crippen molar-refractivity contribution in [2.75, 3.05) is 6.26 Å². The number of carbonyl (C=O) groups is 1. The molecule has 2 aromatic heterocycles. The van der Waals surface area contributed by atoms with Gasteiger partial charge in [0.2, 0.25) is 5.89 Å². The number of rotatable bonds is 5. The van der Waals surface area contributed by atoms with Crippen LogP contribution in [0.15, 0.2) is 52.0 Å². The average molecular weight is 362 g/mol. The third-order valence-electron chi connectivity index (χ3n) is 3.07. The lowest BCUT2D eigenvalue weighted by atomic mass is 10.2. The first-order chi connectivity index (χ1) is 11.7. The van der Waals surface area contributed by atoms with E-state index in [1.54, 1.807) is 42.6 Å². The van der Waals surface area contributed by atoms with Crippen molar-refractivity contribution in [3.63, 3.8) is 0 Å². The van der Waals surface area contributed by atoms with Gasteiger partial charge in [-0.3, -0.25) is 0 Å². The second kappa shape index (κ2) is 7.46. The molecule has 0 atom stereocenters. The molecule has 0 saturated heterocycles. The normalized spacial score (nSPS) is 10.6. The number of ether oxygens (including phenoxy) is 1. The van der Waals surface area contributed by atoms with Crippen LogP contribution < -0.4 is 0 Å². The van der Waals surface area contributed by atoms with E-state index in [2.05, 4.69) is 15.2 Å². The van der Waals surface area contributed by atoms with Gasteiger partial charge in [0.05, 0.1) is 5.56 Å². The molecule has 0 spiro atoms. The predicted octanol–water partition coefficient (Wildman–Crippen LogP) is 3.86. The molecule has 2 heterocycles. The minimum atomic E-state index is -0.487. The number of halogens is 1. The maximum Gasteiger partial charge on any atom is 0.341 e. The summed E-state index contributed by atoms with van der Waals surface area (Å²) in [6.07, 6.45) is 3.47. The Balaban J connectivity index is 1.67. The minimum Gasteiger partial charge on any atom is -0.452 e. The molecule has 0 unspecified atom stereocenters. The average Bonchev–Trinajstić information content (AvgIpc) is 3.09. The summed E-state index contributed by atoms with van der Waals surface area (Å²) in [6, 6.07) is 10.3. The summed E-state index contributed by atoms with van der Waals surface area (Å²) in [6.45, 7) is -0.109. The molecule has 0 fully saturated rings. The van der Waals surface area contributed by atoms with E-state index in [1.807, 2.05) is 6.26 Å². The highest BCUT2D eigenvalue weighted by atomic mass is 35.5. The van der Waals surface area contributed by atoms with Gasteiger partial charge in [0.15, 0.2) is 6.61 Å². The summed E-state index contributed by atoms with van der Waals surface area (Å²) in [5.74, 6) is 0.0606. The van der Waals surface area contributed by atoms with Gasteiger partial charge in [0.25, 0.3) is 5.89 Å². The molecule has 0 aliphatic heterocycles. The van der Waals surface area contributed by atoms with Crippen LogP contribution in [0.1, 0.15) is 16.2 Å². The maximum atomic E-state index is 12.1. The molecule has 24 heavy (non-hydrogen) atoms. The Hall–Kier alpha value is -2.38. The number of hydrogen-bond donors (Lipinski definition) is 0. The maximum absolute atomic E-state index is 12.1. The Kier molecular flexibility index (Phi) is 5.12. The minimum absolute atomic E-state index is 0.109. The first kappa shape index (κ1) is 16.5. The molecular formula is C16H12ClN3O3S. The predicted molar refractivity (Wildman–Crippen MR) is 89.9 cm³/mol. The quantitative estimate of drug-likeness (QED) is 0.504. The number of pyridine rings is 1. The summed E-state index contributed by atoms with van der Waals surface area (Å²) in [7, 11) is 0. The molecule has 122 valence electrons. The number of benzene rings is 1. The largest absolute Gasteiger partial charge is 0.452 e. The molecule has 6 nitrogen and oxygen atoms in total. The van der Waals surface area contributed by atoms with Gasteiger partial charge in [-0.15, -0.1) is 22.0 Å². The monoisotopic (exact) mass is 361 g/mol. The summed E-state index contributed by atoms with van der Waals surface area (Å²) in [4.78, 5) is 16.3. The molecule has 0 bridgehead atoms. The van der Waals surface area contributed by atoms with Gasteiger partial charge in [-0.25, -0.2) is 9.78 Å². The fraction of sp³-hybridized carbons (Fsp3) is 0.125. The molecule has 8 heteroatoms. The van der Waals surface area contributed by atoms with Gasteiger partial charge in [0.1, 0.15) is 5.03 Å². The molecule has 1 aromatic carbocycles. The molecule has 0 radical (unpaired) electrons. The highest BCUT2D eigenvalue weighted by molar-refractivity contribution is 7.98. The van der Waals surface area contributed by atoms with Gasteiger partial charge < -0.3 is 9.15 Å². The smallest absolute Gasteiger partial charge is 0.341 e. The van der Waals surface area contributed by atoms with E-state index in [1.165, 1.54) is 11.8 Å². The van der Waals surface area contributed by atoms with Crippen LogP contribution in [0, 0.1) is 0 Å². The fourth-order valence-electron chi connectivity index (χ4n) is 1.93.